The molecular formula is C7H14N2O4. The quantitative estimate of drug-likeness (QED) is 0.316. The van der Waals surface area contributed by atoms with Gasteiger partial charge >= 0.3 is 0 Å². The highest BCUT2D eigenvalue weighted by Gasteiger charge is 2.36. The van der Waals surface area contributed by atoms with Gasteiger partial charge in [0.05, 0.1) is 12.2 Å². The van der Waals surface area contributed by atoms with E-state index < -0.39 is 30.3 Å². The highest BCUT2D eigenvalue weighted by atomic mass is 16.4. The number of amides is 1. The maximum atomic E-state index is 10.5. The number of aliphatic hydroxyl groups excluding tert-OH is 3. The van der Waals surface area contributed by atoms with Gasteiger partial charge in [0.1, 0.15) is 6.10 Å². The number of nitrogens with two attached hydrogens (primary N) is 1. The monoisotopic (exact) mass is 190 g/mol. The Morgan fingerprint density at radius 3 is 2.54 bits per heavy atom. The molecule has 1 fully saturated rings. The number of carbonyl (C=O) groups is 1. The first-order valence-electron chi connectivity index (χ1n) is 4.08. The van der Waals surface area contributed by atoms with Gasteiger partial charge in [-0.25, -0.2) is 0 Å². The summed E-state index contributed by atoms with van der Waals surface area (Å²) in [6.45, 7) is 0.149. The van der Waals surface area contributed by atoms with Crippen LogP contribution in [0.4, 0.5) is 0 Å². The lowest BCUT2D eigenvalue weighted by Gasteiger charge is -2.35. The van der Waals surface area contributed by atoms with E-state index in [4.69, 9.17) is 10.8 Å². The second-order valence-corrected chi connectivity index (χ2v) is 3.23. The highest BCUT2D eigenvalue weighted by Crippen LogP contribution is 2.12. The van der Waals surface area contributed by atoms with Crippen LogP contribution in [0.2, 0.25) is 0 Å². The van der Waals surface area contributed by atoms with Gasteiger partial charge in [-0.3, -0.25) is 4.79 Å². The van der Waals surface area contributed by atoms with Gasteiger partial charge in [-0.1, -0.05) is 0 Å². The Balaban J connectivity index is 2.53. The number of β-amino-alcohol motifs (C(OH)–C–C–N with tert-alkyl or cyclic N) is 1. The second kappa shape index (κ2) is 4.01. The molecule has 1 amide bonds. The van der Waals surface area contributed by atoms with Crippen LogP contribution in [-0.2, 0) is 4.79 Å². The van der Waals surface area contributed by atoms with Crippen molar-refractivity contribution in [2.24, 2.45) is 5.73 Å². The number of hydrogen-bond donors (Lipinski definition) is 5. The van der Waals surface area contributed by atoms with Crippen molar-refractivity contribution in [3.63, 3.8) is 0 Å². The summed E-state index contributed by atoms with van der Waals surface area (Å²) in [6.07, 6.45) is -3.42. The van der Waals surface area contributed by atoms with Crippen molar-refractivity contribution >= 4 is 5.91 Å². The lowest BCUT2D eigenvalue weighted by atomic mass is 9.94. The molecule has 0 saturated carbocycles. The minimum Gasteiger partial charge on any atom is -0.389 e. The Labute approximate surface area is 75.4 Å². The molecule has 6 nitrogen and oxygen atoms in total. The fourth-order valence-electron chi connectivity index (χ4n) is 1.39. The predicted octanol–water partition coefficient (Wildman–Crippen LogP) is -3.08. The van der Waals surface area contributed by atoms with Crippen molar-refractivity contribution in [2.45, 2.75) is 30.8 Å². The van der Waals surface area contributed by atoms with E-state index in [2.05, 4.69) is 5.32 Å². The van der Waals surface area contributed by atoms with Gasteiger partial charge in [0, 0.05) is 19.0 Å². The fraction of sp³-hybridized carbons (Fsp3) is 0.857. The number of aliphatic hydroxyl groups is 3. The first-order valence-corrected chi connectivity index (χ1v) is 4.08. The molecule has 1 aliphatic heterocycles. The predicted molar refractivity (Wildman–Crippen MR) is 43.6 cm³/mol. The normalized spacial score (nSPS) is 40.2. The van der Waals surface area contributed by atoms with Gasteiger partial charge in [-0.2, -0.15) is 0 Å². The Kier molecular flexibility index (Phi) is 3.21. The molecule has 0 aromatic carbocycles. The van der Waals surface area contributed by atoms with E-state index in [-0.39, 0.29) is 13.0 Å². The van der Waals surface area contributed by atoms with Gasteiger partial charge in [0.25, 0.3) is 0 Å². The molecule has 0 aromatic rings. The number of piperidine rings is 1. The Morgan fingerprint density at radius 1 is 1.38 bits per heavy atom. The molecule has 0 unspecified atom stereocenters. The molecule has 1 heterocycles. The molecule has 0 aliphatic carbocycles. The Bertz CT molecular complexity index is 199. The van der Waals surface area contributed by atoms with Gasteiger partial charge in [0.15, 0.2) is 0 Å². The van der Waals surface area contributed by atoms with E-state index in [1.165, 1.54) is 0 Å². The second-order valence-electron chi connectivity index (χ2n) is 3.23. The fourth-order valence-corrected chi connectivity index (χ4v) is 1.39. The van der Waals surface area contributed by atoms with E-state index in [1.807, 2.05) is 0 Å². The summed E-state index contributed by atoms with van der Waals surface area (Å²) in [5.41, 5.74) is 4.93. The topological polar surface area (TPSA) is 116 Å². The van der Waals surface area contributed by atoms with Gasteiger partial charge in [-0.05, 0) is 0 Å². The van der Waals surface area contributed by atoms with Crippen LogP contribution in [0.15, 0.2) is 0 Å². The lowest BCUT2D eigenvalue weighted by Crippen LogP contribution is -2.60. The van der Waals surface area contributed by atoms with Gasteiger partial charge in [-0.15, -0.1) is 0 Å². The van der Waals surface area contributed by atoms with Gasteiger partial charge in [0.2, 0.25) is 5.91 Å². The van der Waals surface area contributed by atoms with Crippen molar-refractivity contribution in [1.82, 2.24) is 5.32 Å². The van der Waals surface area contributed by atoms with Crippen molar-refractivity contribution < 1.29 is 20.1 Å². The number of carbonyl (C=O) groups excluding carboxylic acids is 1. The van der Waals surface area contributed by atoms with E-state index in [0.29, 0.717) is 0 Å². The summed E-state index contributed by atoms with van der Waals surface area (Å²) in [5, 5.41) is 30.4. The van der Waals surface area contributed by atoms with Gasteiger partial charge < -0.3 is 26.4 Å². The SMILES string of the molecule is NC(=O)C[C@H]1NC[C@H](O)[C@@H](O)[C@@H]1O. The molecule has 13 heavy (non-hydrogen) atoms. The average molecular weight is 190 g/mol. The average Bonchev–Trinajstić information content (AvgIpc) is 2.06. The third kappa shape index (κ3) is 2.38. The van der Waals surface area contributed by atoms with E-state index in [9.17, 15) is 15.0 Å². The molecule has 1 saturated heterocycles. The molecule has 76 valence electrons. The van der Waals surface area contributed by atoms with E-state index in [0.717, 1.165) is 0 Å². The van der Waals surface area contributed by atoms with E-state index in [1.54, 1.807) is 0 Å². The van der Waals surface area contributed by atoms with E-state index >= 15 is 0 Å². The zero-order valence-electron chi connectivity index (χ0n) is 7.05. The van der Waals surface area contributed by atoms with Crippen molar-refractivity contribution in [1.29, 1.82) is 0 Å². The van der Waals surface area contributed by atoms with Crippen LogP contribution in [0.25, 0.3) is 0 Å². The number of rotatable bonds is 2. The molecule has 6 N–H and O–H groups in total. The summed E-state index contributed by atoms with van der Waals surface area (Å²) in [7, 11) is 0. The summed E-state index contributed by atoms with van der Waals surface area (Å²) < 4.78 is 0. The maximum absolute atomic E-state index is 10.5. The van der Waals surface area contributed by atoms with Crippen LogP contribution < -0.4 is 11.1 Å². The molecule has 1 aliphatic rings. The maximum Gasteiger partial charge on any atom is 0.219 e. The molecule has 1 rings (SSSR count). The first-order chi connectivity index (χ1) is 6.02. The molecule has 4 atom stereocenters. The summed E-state index contributed by atoms with van der Waals surface area (Å²) in [6, 6.07) is -0.573. The van der Waals surface area contributed by atoms with Crippen molar-refractivity contribution in [3.8, 4) is 0 Å². The van der Waals surface area contributed by atoms with Crippen LogP contribution >= 0.6 is 0 Å². The molecule has 6 heteroatoms. The van der Waals surface area contributed by atoms with Crippen LogP contribution in [0, 0.1) is 0 Å². The Hall–Kier alpha value is -0.690. The van der Waals surface area contributed by atoms with Crippen molar-refractivity contribution in [2.75, 3.05) is 6.54 Å². The van der Waals surface area contributed by atoms with Crippen LogP contribution in [-0.4, -0.2) is 52.1 Å². The summed E-state index contributed by atoms with van der Waals surface area (Å²) >= 11 is 0. The van der Waals surface area contributed by atoms with Crippen LogP contribution in [0.3, 0.4) is 0 Å². The largest absolute Gasteiger partial charge is 0.389 e. The Morgan fingerprint density at radius 2 is 2.00 bits per heavy atom. The summed E-state index contributed by atoms with van der Waals surface area (Å²) in [4.78, 5) is 10.5. The number of nitrogens with one attached hydrogen (secondary N) is 1. The lowest BCUT2D eigenvalue weighted by molar-refractivity contribution is -0.124. The minimum atomic E-state index is -1.22. The van der Waals surface area contributed by atoms with Crippen LogP contribution in [0.1, 0.15) is 6.42 Å². The number of hydrogen-bond acceptors (Lipinski definition) is 5. The zero-order chi connectivity index (χ0) is 10.0. The third-order valence-corrected chi connectivity index (χ3v) is 2.17. The smallest absolute Gasteiger partial charge is 0.219 e. The van der Waals surface area contributed by atoms with Crippen molar-refractivity contribution in [3.05, 3.63) is 0 Å². The first kappa shape index (κ1) is 10.4. The minimum absolute atomic E-state index is 0.0506. The molecular weight excluding hydrogens is 176 g/mol. The molecule has 0 radical (unpaired) electrons. The standard InChI is InChI=1S/C7H14N2O4/c8-5(11)1-3-6(12)7(13)4(10)2-9-3/h3-4,6-7,9-10,12-13H,1-2H2,(H2,8,11)/t3-,4+,6-,7-/m1/s1. The summed E-state index contributed by atoms with van der Waals surface area (Å²) in [5.74, 6) is -0.555. The third-order valence-electron chi connectivity index (χ3n) is 2.17. The molecule has 0 spiro atoms. The highest BCUT2D eigenvalue weighted by molar-refractivity contribution is 5.74. The molecule has 0 aromatic heterocycles. The molecule has 0 bridgehead atoms. The number of primary amides is 1. The zero-order valence-corrected chi connectivity index (χ0v) is 7.05. The van der Waals surface area contributed by atoms with Crippen LogP contribution in [0.5, 0.6) is 0 Å².